The van der Waals surface area contributed by atoms with Crippen LogP contribution in [0.3, 0.4) is 0 Å². The maximum absolute atomic E-state index is 12.7. The number of carboxylic acids is 1. The molecule has 4 nitrogen and oxygen atoms in total. The van der Waals surface area contributed by atoms with Crippen molar-refractivity contribution in [3.63, 3.8) is 0 Å². The van der Waals surface area contributed by atoms with E-state index in [1.165, 1.54) is 30.5 Å². The molecule has 0 bridgehead atoms. The first kappa shape index (κ1) is 12.0. The van der Waals surface area contributed by atoms with Crippen molar-refractivity contribution < 1.29 is 19.0 Å². The van der Waals surface area contributed by atoms with Crippen molar-refractivity contribution in [3.05, 3.63) is 59.7 Å². The summed E-state index contributed by atoms with van der Waals surface area (Å²) in [6, 6.07) is 8.77. The van der Waals surface area contributed by atoms with Crippen LogP contribution < -0.4 is 4.74 Å². The summed E-state index contributed by atoms with van der Waals surface area (Å²) in [6.45, 7) is 0.0705. The van der Waals surface area contributed by atoms with Gasteiger partial charge in [0.15, 0.2) is 5.69 Å². The zero-order valence-corrected chi connectivity index (χ0v) is 9.34. The average molecular weight is 247 g/mol. The Labute approximate surface area is 103 Å². The standard InChI is InChI=1S/C13H10FNO3/c14-10-3-5-11(6-4-10)18-8-9-2-1-7-15-12(9)13(16)17/h1-7H,8H2,(H,16,17). The molecule has 0 spiro atoms. The van der Waals surface area contributed by atoms with Crippen LogP contribution in [-0.2, 0) is 6.61 Å². The molecule has 1 aromatic carbocycles. The van der Waals surface area contributed by atoms with Crippen molar-refractivity contribution in [2.75, 3.05) is 0 Å². The number of carbonyl (C=O) groups is 1. The minimum Gasteiger partial charge on any atom is -0.489 e. The van der Waals surface area contributed by atoms with Gasteiger partial charge in [0.05, 0.1) is 0 Å². The number of carboxylic acid groups (broad SMARTS) is 1. The number of hydrogen-bond acceptors (Lipinski definition) is 3. The molecule has 1 aromatic heterocycles. The van der Waals surface area contributed by atoms with Gasteiger partial charge in [-0.3, -0.25) is 0 Å². The molecule has 0 fully saturated rings. The Kier molecular flexibility index (Phi) is 3.52. The molecule has 0 saturated heterocycles. The number of nitrogens with zero attached hydrogens (tertiary/aromatic N) is 1. The number of aromatic nitrogens is 1. The molecule has 1 heterocycles. The fraction of sp³-hybridized carbons (Fsp3) is 0.0769. The first-order chi connectivity index (χ1) is 8.66. The topological polar surface area (TPSA) is 59.4 Å². The fourth-order valence-corrected chi connectivity index (χ4v) is 1.44. The molecule has 2 aromatic rings. The SMILES string of the molecule is O=C(O)c1ncccc1COc1ccc(F)cc1. The van der Waals surface area contributed by atoms with E-state index in [1.54, 1.807) is 12.1 Å². The van der Waals surface area contributed by atoms with Crippen molar-refractivity contribution in [1.29, 1.82) is 0 Å². The van der Waals surface area contributed by atoms with Crippen molar-refractivity contribution >= 4 is 5.97 Å². The number of aromatic carboxylic acids is 1. The first-order valence-electron chi connectivity index (χ1n) is 5.22. The van der Waals surface area contributed by atoms with Crippen LogP contribution in [0.2, 0.25) is 0 Å². The van der Waals surface area contributed by atoms with E-state index in [9.17, 15) is 9.18 Å². The van der Waals surface area contributed by atoms with Gasteiger partial charge < -0.3 is 9.84 Å². The summed E-state index contributed by atoms with van der Waals surface area (Å²) in [5.41, 5.74) is 0.425. The lowest BCUT2D eigenvalue weighted by atomic mass is 10.2. The predicted molar refractivity (Wildman–Crippen MR) is 61.9 cm³/mol. The average Bonchev–Trinajstić information content (AvgIpc) is 2.38. The van der Waals surface area contributed by atoms with Crippen molar-refractivity contribution in [2.45, 2.75) is 6.61 Å². The van der Waals surface area contributed by atoms with Crippen LogP contribution in [0, 0.1) is 5.82 Å². The van der Waals surface area contributed by atoms with E-state index in [1.807, 2.05) is 0 Å². The highest BCUT2D eigenvalue weighted by atomic mass is 19.1. The second-order valence-electron chi connectivity index (χ2n) is 3.56. The normalized spacial score (nSPS) is 10.1. The summed E-state index contributed by atoms with van der Waals surface area (Å²) < 4.78 is 18.0. The molecule has 2 rings (SSSR count). The van der Waals surface area contributed by atoms with E-state index in [4.69, 9.17) is 9.84 Å². The lowest BCUT2D eigenvalue weighted by molar-refractivity contribution is 0.0687. The molecule has 0 aliphatic rings. The molecule has 1 N–H and O–H groups in total. The van der Waals surface area contributed by atoms with Gasteiger partial charge in [0.2, 0.25) is 0 Å². The molecule has 0 atom stereocenters. The Bertz CT molecular complexity index is 554. The van der Waals surface area contributed by atoms with E-state index >= 15 is 0 Å². The second-order valence-corrected chi connectivity index (χ2v) is 3.56. The monoisotopic (exact) mass is 247 g/mol. The summed E-state index contributed by atoms with van der Waals surface area (Å²) in [5.74, 6) is -0.986. The number of benzene rings is 1. The van der Waals surface area contributed by atoms with Crippen LogP contribution in [0.25, 0.3) is 0 Å². The van der Waals surface area contributed by atoms with Gasteiger partial charge in [-0.1, -0.05) is 6.07 Å². The fourth-order valence-electron chi connectivity index (χ4n) is 1.44. The molecular weight excluding hydrogens is 237 g/mol. The van der Waals surface area contributed by atoms with Gasteiger partial charge in [0, 0.05) is 11.8 Å². The Morgan fingerprint density at radius 2 is 2.00 bits per heavy atom. The van der Waals surface area contributed by atoms with E-state index in [2.05, 4.69) is 4.98 Å². The molecule has 0 aliphatic heterocycles. The Balaban J connectivity index is 2.10. The van der Waals surface area contributed by atoms with E-state index < -0.39 is 5.97 Å². The Morgan fingerprint density at radius 1 is 1.28 bits per heavy atom. The van der Waals surface area contributed by atoms with Gasteiger partial charge in [-0.15, -0.1) is 0 Å². The van der Waals surface area contributed by atoms with Gasteiger partial charge in [0.1, 0.15) is 18.2 Å². The summed E-state index contributed by atoms with van der Waals surface area (Å²) in [5, 5.41) is 8.93. The lowest BCUT2D eigenvalue weighted by Crippen LogP contribution is -2.07. The first-order valence-corrected chi connectivity index (χ1v) is 5.22. The molecule has 0 unspecified atom stereocenters. The largest absolute Gasteiger partial charge is 0.489 e. The van der Waals surface area contributed by atoms with Gasteiger partial charge in [-0.25, -0.2) is 14.2 Å². The zero-order valence-electron chi connectivity index (χ0n) is 9.34. The third-order valence-corrected chi connectivity index (χ3v) is 2.30. The summed E-state index contributed by atoms with van der Waals surface area (Å²) in [6.07, 6.45) is 1.41. The summed E-state index contributed by atoms with van der Waals surface area (Å²) in [4.78, 5) is 14.7. The number of rotatable bonds is 4. The van der Waals surface area contributed by atoms with Gasteiger partial charge in [-0.2, -0.15) is 0 Å². The molecule has 5 heteroatoms. The third-order valence-electron chi connectivity index (χ3n) is 2.30. The predicted octanol–water partition coefficient (Wildman–Crippen LogP) is 2.50. The quantitative estimate of drug-likeness (QED) is 0.901. The van der Waals surface area contributed by atoms with Gasteiger partial charge in [0.25, 0.3) is 0 Å². The van der Waals surface area contributed by atoms with Crippen LogP contribution in [0.15, 0.2) is 42.6 Å². The minimum absolute atomic E-state index is 0.0420. The maximum atomic E-state index is 12.7. The van der Waals surface area contributed by atoms with Gasteiger partial charge >= 0.3 is 5.97 Å². The molecule has 0 amide bonds. The molecule has 92 valence electrons. The van der Waals surface area contributed by atoms with E-state index in [-0.39, 0.29) is 18.1 Å². The third kappa shape index (κ3) is 2.82. The second kappa shape index (κ2) is 5.27. The summed E-state index contributed by atoms with van der Waals surface area (Å²) >= 11 is 0. The number of ether oxygens (including phenoxy) is 1. The number of hydrogen-bond donors (Lipinski definition) is 1. The van der Waals surface area contributed by atoms with Crippen molar-refractivity contribution in [3.8, 4) is 5.75 Å². The molecule has 0 saturated carbocycles. The van der Waals surface area contributed by atoms with Gasteiger partial charge in [-0.05, 0) is 30.3 Å². The van der Waals surface area contributed by atoms with Crippen LogP contribution >= 0.6 is 0 Å². The zero-order chi connectivity index (χ0) is 13.0. The van der Waals surface area contributed by atoms with Crippen molar-refractivity contribution in [1.82, 2.24) is 4.98 Å². The maximum Gasteiger partial charge on any atom is 0.354 e. The Morgan fingerprint density at radius 3 is 2.67 bits per heavy atom. The molecular formula is C13H10FNO3. The molecule has 0 radical (unpaired) electrons. The summed E-state index contributed by atoms with van der Waals surface area (Å²) in [7, 11) is 0. The highest BCUT2D eigenvalue weighted by Gasteiger charge is 2.11. The van der Waals surface area contributed by atoms with E-state index in [0.29, 0.717) is 11.3 Å². The number of pyridine rings is 1. The highest BCUT2D eigenvalue weighted by Crippen LogP contribution is 2.14. The Hall–Kier alpha value is -2.43. The minimum atomic E-state index is -1.10. The van der Waals surface area contributed by atoms with E-state index in [0.717, 1.165) is 0 Å². The lowest BCUT2D eigenvalue weighted by Gasteiger charge is -2.07. The van der Waals surface area contributed by atoms with Crippen LogP contribution in [0.5, 0.6) is 5.75 Å². The highest BCUT2D eigenvalue weighted by molar-refractivity contribution is 5.86. The molecule has 0 aliphatic carbocycles. The van der Waals surface area contributed by atoms with Crippen LogP contribution in [0.4, 0.5) is 4.39 Å². The van der Waals surface area contributed by atoms with Crippen LogP contribution in [0.1, 0.15) is 16.1 Å². The molecule has 18 heavy (non-hydrogen) atoms. The van der Waals surface area contributed by atoms with Crippen LogP contribution in [-0.4, -0.2) is 16.1 Å². The number of halogens is 1. The van der Waals surface area contributed by atoms with Crippen molar-refractivity contribution in [2.24, 2.45) is 0 Å². The smallest absolute Gasteiger partial charge is 0.354 e.